The zero-order chi connectivity index (χ0) is 26.2. The van der Waals surface area contributed by atoms with Crippen LogP contribution in [0.25, 0.3) is 5.70 Å². The standard InChI is InChI=1S/C32H29NO4/c1-4-36-31(34)28-23(3)33-30(26-16-9-6-10-17-26)29(27(28)19-18-24-13-7-5-8-14-24)32(35)37-21-25-15-11-12-22(2)20-25/h5-17,20,27,33H,4,21H2,1-3H3. The molecule has 1 N–H and O–H groups in total. The molecule has 186 valence electrons. The van der Waals surface area contributed by atoms with Crippen LogP contribution in [-0.2, 0) is 25.7 Å². The number of esters is 2. The highest BCUT2D eigenvalue weighted by Crippen LogP contribution is 2.35. The van der Waals surface area contributed by atoms with Crippen LogP contribution in [0, 0.1) is 24.7 Å². The molecule has 3 aromatic carbocycles. The van der Waals surface area contributed by atoms with Gasteiger partial charge in [-0.2, -0.15) is 0 Å². The largest absolute Gasteiger partial charge is 0.463 e. The SMILES string of the molecule is CCOC(=O)C1=C(C)NC(c2ccccc2)=C(C(=O)OCc2cccc(C)c2)C1C#Cc1ccccc1. The first-order valence-electron chi connectivity index (χ1n) is 12.2. The number of ether oxygens (including phenoxy) is 2. The molecule has 1 aliphatic rings. The molecule has 4 rings (SSSR count). The first-order chi connectivity index (χ1) is 18.0. The minimum atomic E-state index is -0.847. The maximum atomic E-state index is 13.7. The summed E-state index contributed by atoms with van der Waals surface area (Å²) in [7, 11) is 0. The van der Waals surface area contributed by atoms with Crippen LogP contribution in [0.2, 0.25) is 0 Å². The second-order valence-electron chi connectivity index (χ2n) is 8.67. The minimum Gasteiger partial charge on any atom is -0.463 e. The van der Waals surface area contributed by atoms with Crippen molar-refractivity contribution in [2.24, 2.45) is 5.92 Å². The number of aryl methyl sites for hydroxylation is 1. The highest BCUT2D eigenvalue weighted by molar-refractivity contribution is 6.04. The van der Waals surface area contributed by atoms with Crippen molar-refractivity contribution < 1.29 is 19.1 Å². The Bertz CT molecular complexity index is 1410. The molecule has 0 saturated carbocycles. The molecule has 0 amide bonds. The van der Waals surface area contributed by atoms with Gasteiger partial charge in [0.15, 0.2) is 0 Å². The Labute approximate surface area is 217 Å². The lowest BCUT2D eigenvalue weighted by molar-refractivity contribution is -0.140. The molecule has 5 nitrogen and oxygen atoms in total. The van der Waals surface area contributed by atoms with Crippen molar-refractivity contribution in [3.05, 3.63) is 124 Å². The Hall–Kier alpha value is -4.56. The predicted molar refractivity (Wildman–Crippen MR) is 144 cm³/mol. The van der Waals surface area contributed by atoms with E-state index in [2.05, 4.69) is 17.2 Å². The molecular formula is C32H29NO4. The molecule has 3 aromatic rings. The molecular weight excluding hydrogens is 462 g/mol. The zero-order valence-corrected chi connectivity index (χ0v) is 21.2. The third kappa shape index (κ3) is 6.17. The molecule has 0 radical (unpaired) electrons. The fourth-order valence-corrected chi connectivity index (χ4v) is 4.21. The van der Waals surface area contributed by atoms with Gasteiger partial charge in [0.05, 0.1) is 29.4 Å². The van der Waals surface area contributed by atoms with Crippen molar-refractivity contribution in [1.82, 2.24) is 5.32 Å². The molecule has 0 aromatic heterocycles. The normalized spacial score (nSPS) is 14.8. The van der Waals surface area contributed by atoms with Crippen LogP contribution in [0.3, 0.4) is 0 Å². The summed E-state index contributed by atoms with van der Waals surface area (Å²) in [5.41, 5.74) is 5.24. The number of carbonyl (C=O) groups is 2. The third-order valence-corrected chi connectivity index (χ3v) is 5.93. The maximum absolute atomic E-state index is 13.7. The van der Waals surface area contributed by atoms with Gasteiger partial charge in [-0.25, -0.2) is 9.59 Å². The fraction of sp³-hybridized carbons (Fsp3) is 0.188. The number of dihydropyridines is 1. The Morgan fingerprint density at radius 1 is 0.838 bits per heavy atom. The van der Waals surface area contributed by atoms with Crippen LogP contribution in [0.1, 0.15) is 36.1 Å². The van der Waals surface area contributed by atoms with E-state index < -0.39 is 17.9 Å². The van der Waals surface area contributed by atoms with E-state index in [9.17, 15) is 9.59 Å². The van der Waals surface area contributed by atoms with Crippen LogP contribution in [0.5, 0.6) is 0 Å². The predicted octanol–water partition coefficient (Wildman–Crippen LogP) is 5.56. The van der Waals surface area contributed by atoms with Gasteiger partial charge < -0.3 is 14.8 Å². The fourth-order valence-electron chi connectivity index (χ4n) is 4.21. The second-order valence-corrected chi connectivity index (χ2v) is 8.67. The highest BCUT2D eigenvalue weighted by atomic mass is 16.5. The Kier molecular flexibility index (Phi) is 8.22. The van der Waals surface area contributed by atoms with Crippen LogP contribution in [-0.4, -0.2) is 18.5 Å². The quantitative estimate of drug-likeness (QED) is 0.361. The van der Waals surface area contributed by atoms with Crippen LogP contribution in [0.4, 0.5) is 0 Å². The number of nitrogens with one attached hydrogen (secondary N) is 1. The Balaban J connectivity index is 1.82. The monoisotopic (exact) mass is 491 g/mol. The van der Waals surface area contributed by atoms with Gasteiger partial charge in [-0.05, 0) is 44.0 Å². The molecule has 37 heavy (non-hydrogen) atoms. The number of hydrogen-bond acceptors (Lipinski definition) is 5. The number of carbonyl (C=O) groups excluding carboxylic acids is 2. The first kappa shape index (κ1) is 25.5. The molecule has 0 bridgehead atoms. The Morgan fingerprint density at radius 3 is 2.19 bits per heavy atom. The second kappa shape index (κ2) is 11.9. The smallest absolute Gasteiger partial charge is 0.338 e. The molecule has 0 saturated heterocycles. The molecule has 0 aliphatic carbocycles. The average molecular weight is 492 g/mol. The summed E-state index contributed by atoms with van der Waals surface area (Å²) in [4.78, 5) is 26.8. The molecule has 0 spiro atoms. The van der Waals surface area contributed by atoms with Crippen LogP contribution >= 0.6 is 0 Å². The first-order valence-corrected chi connectivity index (χ1v) is 12.2. The van der Waals surface area contributed by atoms with E-state index in [1.807, 2.05) is 91.9 Å². The van der Waals surface area contributed by atoms with E-state index in [0.717, 1.165) is 22.3 Å². The summed E-state index contributed by atoms with van der Waals surface area (Å²) in [5, 5.41) is 3.28. The number of rotatable bonds is 6. The number of benzene rings is 3. The molecule has 1 atom stereocenters. The summed E-state index contributed by atoms with van der Waals surface area (Å²) in [6.07, 6.45) is 0. The van der Waals surface area contributed by atoms with Gasteiger partial charge in [0.2, 0.25) is 0 Å². The van der Waals surface area contributed by atoms with E-state index >= 15 is 0 Å². The topological polar surface area (TPSA) is 64.6 Å². The molecule has 1 aliphatic heterocycles. The van der Waals surface area contributed by atoms with Gasteiger partial charge in [0.1, 0.15) is 6.61 Å². The summed E-state index contributed by atoms with van der Waals surface area (Å²) in [6, 6.07) is 26.7. The van der Waals surface area contributed by atoms with Crippen molar-refractivity contribution in [1.29, 1.82) is 0 Å². The summed E-state index contributed by atoms with van der Waals surface area (Å²) >= 11 is 0. The zero-order valence-electron chi connectivity index (χ0n) is 21.2. The number of allylic oxidation sites excluding steroid dienone is 1. The van der Waals surface area contributed by atoms with Crippen molar-refractivity contribution in [3.8, 4) is 11.8 Å². The van der Waals surface area contributed by atoms with Gasteiger partial charge in [-0.1, -0.05) is 90.2 Å². The van der Waals surface area contributed by atoms with Gasteiger partial charge in [-0.15, -0.1) is 0 Å². The van der Waals surface area contributed by atoms with Crippen molar-refractivity contribution >= 4 is 17.6 Å². The van der Waals surface area contributed by atoms with Crippen LogP contribution in [0.15, 0.2) is 102 Å². The van der Waals surface area contributed by atoms with Crippen LogP contribution < -0.4 is 5.32 Å². The maximum Gasteiger partial charge on any atom is 0.338 e. The summed E-state index contributed by atoms with van der Waals surface area (Å²) < 4.78 is 11.2. The van der Waals surface area contributed by atoms with E-state index in [1.54, 1.807) is 13.8 Å². The lowest BCUT2D eigenvalue weighted by Gasteiger charge is -2.29. The molecule has 0 fully saturated rings. The third-order valence-electron chi connectivity index (χ3n) is 5.93. The lowest BCUT2D eigenvalue weighted by Crippen LogP contribution is -2.33. The molecule has 1 heterocycles. The number of hydrogen-bond donors (Lipinski definition) is 1. The van der Waals surface area contributed by atoms with Crippen molar-refractivity contribution in [2.75, 3.05) is 6.61 Å². The lowest BCUT2D eigenvalue weighted by atomic mass is 9.84. The van der Waals surface area contributed by atoms with Crippen molar-refractivity contribution in [2.45, 2.75) is 27.4 Å². The molecule has 5 heteroatoms. The summed E-state index contributed by atoms with van der Waals surface area (Å²) in [6.45, 7) is 5.83. The van der Waals surface area contributed by atoms with E-state index in [1.165, 1.54) is 0 Å². The van der Waals surface area contributed by atoms with Crippen molar-refractivity contribution in [3.63, 3.8) is 0 Å². The van der Waals surface area contributed by atoms with Gasteiger partial charge in [0, 0.05) is 11.3 Å². The average Bonchev–Trinajstić information content (AvgIpc) is 2.91. The Morgan fingerprint density at radius 2 is 1.51 bits per heavy atom. The molecule has 1 unspecified atom stereocenters. The highest BCUT2D eigenvalue weighted by Gasteiger charge is 2.37. The van der Waals surface area contributed by atoms with Gasteiger partial charge in [-0.3, -0.25) is 0 Å². The summed E-state index contributed by atoms with van der Waals surface area (Å²) in [5.74, 6) is 4.42. The van der Waals surface area contributed by atoms with Gasteiger partial charge >= 0.3 is 11.9 Å². The van der Waals surface area contributed by atoms with E-state index in [0.29, 0.717) is 17.0 Å². The minimum absolute atomic E-state index is 0.0996. The van der Waals surface area contributed by atoms with Gasteiger partial charge in [0.25, 0.3) is 0 Å². The van der Waals surface area contributed by atoms with E-state index in [4.69, 9.17) is 9.47 Å². The van der Waals surface area contributed by atoms with E-state index in [-0.39, 0.29) is 18.8 Å².